The second-order valence-electron chi connectivity index (χ2n) is 5.96. The van der Waals surface area contributed by atoms with Crippen molar-refractivity contribution in [2.45, 2.75) is 45.3 Å². The first kappa shape index (κ1) is 18.5. The van der Waals surface area contributed by atoms with Crippen LogP contribution in [0.5, 0.6) is 0 Å². The van der Waals surface area contributed by atoms with Crippen molar-refractivity contribution in [2.24, 2.45) is 5.73 Å². The number of ether oxygens (including phenoxy) is 1. The molecule has 0 saturated carbocycles. The fourth-order valence-electron chi connectivity index (χ4n) is 1.79. The van der Waals surface area contributed by atoms with E-state index in [2.05, 4.69) is 27.9 Å². The molecule has 0 aliphatic heterocycles. The zero-order chi connectivity index (χ0) is 16.9. The van der Waals surface area contributed by atoms with Crippen LogP contribution < -0.4 is 16.8 Å². The Balaban J connectivity index is 2.67. The smallest absolute Gasteiger partial charge is 0.306 e. The predicted octanol–water partition coefficient (Wildman–Crippen LogP) is 2.26. The van der Waals surface area contributed by atoms with Crippen LogP contribution in [0.4, 0.5) is 11.4 Å². The van der Waals surface area contributed by atoms with Gasteiger partial charge in [0.25, 0.3) is 0 Å². The minimum Gasteiger partial charge on any atom is -0.460 e. The molecule has 6 nitrogen and oxygen atoms in total. The van der Waals surface area contributed by atoms with Gasteiger partial charge in [0.05, 0.1) is 11.4 Å². The molecule has 7 heteroatoms. The topological polar surface area (TPSA) is 107 Å². The number of benzene rings is 1. The molecule has 0 heterocycles. The number of nitrogen functional groups attached to an aromatic ring is 1. The first-order chi connectivity index (χ1) is 10.1. The van der Waals surface area contributed by atoms with E-state index in [-0.39, 0.29) is 18.8 Å². The Morgan fingerprint density at radius 2 is 2.00 bits per heavy atom. The summed E-state index contributed by atoms with van der Waals surface area (Å²) in [5, 5.41) is 2.98. The molecule has 0 aliphatic carbocycles. The van der Waals surface area contributed by atoms with Gasteiger partial charge >= 0.3 is 5.97 Å². The van der Waals surface area contributed by atoms with Crippen molar-refractivity contribution in [2.75, 3.05) is 11.1 Å². The van der Waals surface area contributed by atoms with Crippen LogP contribution in [-0.4, -0.2) is 23.5 Å². The second-order valence-corrected chi connectivity index (χ2v) is 7.20. The first-order valence-electron chi connectivity index (χ1n) is 6.91. The number of carbonyl (C=O) groups is 2. The highest BCUT2D eigenvalue weighted by molar-refractivity contribution is 14.1. The highest BCUT2D eigenvalue weighted by Crippen LogP contribution is 2.22. The van der Waals surface area contributed by atoms with E-state index >= 15 is 0 Å². The summed E-state index contributed by atoms with van der Waals surface area (Å²) < 4.78 is 6.20. The molecule has 1 aromatic rings. The maximum absolute atomic E-state index is 11.7. The quantitative estimate of drug-likeness (QED) is 0.373. The number of halogens is 1. The normalized spacial score (nSPS) is 12.5. The largest absolute Gasteiger partial charge is 0.460 e. The first-order valence-corrected chi connectivity index (χ1v) is 7.99. The standard InChI is InChI=1S/C15H22IN3O3/c1-15(2,3)22-13(20)7-6-12(14(18)21)19-11-5-4-9(16)8-10(11)17/h4-5,8,12,19H,6-7,17H2,1-3H3,(H2,18,21). The van der Waals surface area contributed by atoms with E-state index < -0.39 is 17.6 Å². The monoisotopic (exact) mass is 419 g/mol. The maximum atomic E-state index is 11.7. The number of hydrogen-bond donors (Lipinski definition) is 3. The third kappa shape index (κ3) is 6.50. The van der Waals surface area contributed by atoms with Crippen LogP contribution in [0.25, 0.3) is 0 Å². The molecular formula is C15H22IN3O3. The van der Waals surface area contributed by atoms with E-state index in [1.165, 1.54) is 0 Å². The van der Waals surface area contributed by atoms with Gasteiger partial charge in [-0.25, -0.2) is 0 Å². The summed E-state index contributed by atoms with van der Waals surface area (Å²) in [4.78, 5) is 23.3. The van der Waals surface area contributed by atoms with Crippen molar-refractivity contribution in [3.8, 4) is 0 Å². The molecule has 5 N–H and O–H groups in total. The molecule has 0 saturated heterocycles. The Morgan fingerprint density at radius 1 is 1.36 bits per heavy atom. The lowest BCUT2D eigenvalue weighted by molar-refractivity contribution is -0.154. The molecule has 0 bridgehead atoms. The van der Waals surface area contributed by atoms with Gasteiger partial charge in [-0.1, -0.05) is 0 Å². The Bertz CT molecular complexity index is 555. The van der Waals surface area contributed by atoms with Crippen molar-refractivity contribution in [3.63, 3.8) is 0 Å². The third-order valence-corrected chi connectivity index (χ3v) is 3.41. The predicted molar refractivity (Wildman–Crippen MR) is 95.3 cm³/mol. The minimum atomic E-state index is -0.685. The molecule has 1 unspecified atom stereocenters. The van der Waals surface area contributed by atoms with Gasteiger partial charge in [0.1, 0.15) is 11.6 Å². The molecule has 122 valence electrons. The molecule has 0 aliphatic rings. The number of nitrogens with two attached hydrogens (primary N) is 2. The Labute approximate surface area is 144 Å². The van der Waals surface area contributed by atoms with Crippen molar-refractivity contribution in [1.82, 2.24) is 0 Å². The summed E-state index contributed by atoms with van der Waals surface area (Å²) in [7, 11) is 0. The lowest BCUT2D eigenvalue weighted by atomic mass is 10.1. The van der Waals surface area contributed by atoms with E-state index in [9.17, 15) is 9.59 Å². The minimum absolute atomic E-state index is 0.0994. The van der Waals surface area contributed by atoms with Crippen molar-refractivity contribution in [1.29, 1.82) is 0 Å². The van der Waals surface area contributed by atoms with Gasteiger partial charge in [-0.2, -0.15) is 0 Å². The fourth-order valence-corrected chi connectivity index (χ4v) is 2.31. The molecule has 0 fully saturated rings. The van der Waals surface area contributed by atoms with Crippen LogP contribution >= 0.6 is 22.6 Å². The highest BCUT2D eigenvalue weighted by atomic mass is 127. The molecule has 0 spiro atoms. The molecule has 0 aromatic heterocycles. The molecule has 1 rings (SSSR count). The van der Waals surface area contributed by atoms with Gasteiger partial charge in [-0.3, -0.25) is 9.59 Å². The lowest BCUT2D eigenvalue weighted by Crippen LogP contribution is -2.36. The van der Waals surface area contributed by atoms with Crippen LogP contribution in [0.3, 0.4) is 0 Å². The lowest BCUT2D eigenvalue weighted by Gasteiger charge is -2.21. The van der Waals surface area contributed by atoms with Crippen molar-refractivity contribution >= 4 is 45.8 Å². The fraction of sp³-hybridized carbons (Fsp3) is 0.467. The number of carbonyl (C=O) groups excluding carboxylic acids is 2. The molecule has 1 amide bonds. The zero-order valence-electron chi connectivity index (χ0n) is 13.0. The van der Waals surface area contributed by atoms with Gasteiger partial charge in [0.2, 0.25) is 5.91 Å². The van der Waals surface area contributed by atoms with Crippen molar-refractivity contribution in [3.05, 3.63) is 21.8 Å². The number of primary amides is 1. The summed E-state index contributed by atoms with van der Waals surface area (Å²) in [5.74, 6) is -0.905. The number of esters is 1. The third-order valence-electron chi connectivity index (χ3n) is 2.74. The van der Waals surface area contributed by atoms with Crippen LogP contribution in [0, 0.1) is 3.57 Å². The van der Waals surface area contributed by atoms with Crippen LogP contribution in [-0.2, 0) is 14.3 Å². The molecular weight excluding hydrogens is 397 g/mol. The molecule has 22 heavy (non-hydrogen) atoms. The SMILES string of the molecule is CC(C)(C)OC(=O)CCC(Nc1ccc(I)cc1N)C(N)=O. The summed E-state index contributed by atoms with van der Waals surface area (Å²) in [6.45, 7) is 5.38. The van der Waals surface area contributed by atoms with Crippen LogP contribution in [0.1, 0.15) is 33.6 Å². The Kier molecular flexibility index (Phi) is 6.46. The number of hydrogen-bond acceptors (Lipinski definition) is 5. The van der Waals surface area contributed by atoms with Crippen LogP contribution in [0.2, 0.25) is 0 Å². The van der Waals surface area contributed by atoms with E-state index in [1.54, 1.807) is 32.9 Å². The maximum Gasteiger partial charge on any atom is 0.306 e. The number of nitrogens with one attached hydrogen (secondary N) is 1. The Hall–Kier alpha value is -1.51. The second kappa shape index (κ2) is 7.66. The molecule has 1 atom stereocenters. The van der Waals surface area contributed by atoms with E-state index in [0.29, 0.717) is 11.4 Å². The van der Waals surface area contributed by atoms with E-state index in [1.807, 2.05) is 6.07 Å². The summed E-state index contributed by atoms with van der Waals surface area (Å²) >= 11 is 2.15. The van der Waals surface area contributed by atoms with Gasteiger partial charge in [0.15, 0.2) is 0 Å². The van der Waals surface area contributed by atoms with E-state index in [0.717, 1.165) is 3.57 Å². The molecule has 0 radical (unpaired) electrons. The summed E-state index contributed by atoms with van der Waals surface area (Å²) in [6.07, 6.45) is 0.345. The highest BCUT2D eigenvalue weighted by Gasteiger charge is 2.21. The van der Waals surface area contributed by atoms with Gasteiger partial charge < -0.3 is 21.5 Å². The number of amides is 1. The average molecular weight is 419 g/mol. The van der Waals surface area contributed by atoms with Gasteiger partial charge in [-0.05, 0) is 68.0 Å². The van der Waals surface area contributed by atoms with Gasteiger partial charge in [0, 0.05) is 9.99 Å². The summed E-state index contributed by atoms with van der Waals surface area (Å²) in [5.41, 5.74) is 11.9. The molecule has 1 aromatic carbocycles. The van der Waals surface area contributed by atoms with Crippen molar-refractivity contribution < 1.29 is 14.3 Å². The number of anilines is 2. The average Bonchev–Trinajstić information content (AvgIpc) is 2.34. The van der Waals surface area contributed by atoms with Gasteiger partial charge in [-0.15, -0.1) is 0 Å². The zero-order valence-corrected chi connectivity index (χ0v) is 15.1. The van der Waals surface area contributed by atoms with Crippen LogP contribution in [0.15, 0.2) is 18.2 Å². The summed E-state index contributed by atoms with van der Waals surface area (Å²) in [6, 6.07) is 4.75. The number of rotatable bonds is 6. The Morgan fingerprint density at radius 3 is 2.50 bits per heavy atom. The van der Waals surface area contributed by atoms with E-state index in [4.69, 9.17) is 16.2 Å².